The normalized spacial score (nSPS) is 13.0. The molecule has 0 aliphatic rings. The van der Waals surface area contributed by atoms with Crippen molar-refractivity contribution in [3.63, 3.8) is 0 Å². The van der Waals surface area contributed by atoms with Crippen molar-refractivity contribution in [1.29, 1.82) is 0 Å². The van der Waals surface area contributed by atoms with Gasteiger partial charge in [-0.05, 0) is 50.3 Å². The van der Waals surface area contributed by atoms with Gasteiger partial charge in [0.1, 0.15) is 11.6 Å². The lowest BCUT2D eigenvalue weighted by atomic mass is 10.0. The van der Waals surface area contributed by atoms with Crippen LogP contribution in [0.4, 0.5) is 4.79 Å². The molecule has 0 heterocycles. The molecule has 0 saturated carbocycles. The summed E-state index contributed by atoms with van der Waals surface area (Å²) in [6, 6.07) is 16.2. The van der Waals surface area contributed by atoms with E-state index in [2.05, 4.69) is 5.32 Å². The summed E-state index contributed by atoms with van der Waals surface area (Å²) in [7, 11) is 0. The lowest BCUT2D eigenvalue weighted by molar-refractivity contribution is -0.157. The third kappa shape index (κ3) is 10.2. The average molecular weight is 513 g/mol. The Morgan fingerprint density at radius 3 is 2.05 bits per heavy atom. The first kappa shape index (κ1) is 29.8. The van der Waals surface area contributed by atoms with Crippen molar-refractivity contribution in [2.24, 2.45) is 5.92 Å². The van der Waals surface area contributed by atoms with E-state index in [0.717, 1.165) is 16.7 Å². The number of esters is 2. The molecule has 0 aromatic heterocycles. The van der Waals surface area contributed by atoms with Crippen LogP contribution in [0, 0.1) is 5.92 Å². The minimum Gasteiger partial charge on any atom is -0.464 e. The number of ether oxygens (including phenoxy) is 2. The summed E-state index contributed by atoms with van der Waals surface area (Å²) in [4.78, 5) is 39.6. The molecule has 0 spiro atoms. The number of carbonyl (C=O) groups is 3. The molecule has 202 valence electrons. The van der Waals surface area contributed by atoms with Crippen LogP contribution in [0.25, 0.3) is 11.1 Å². The van der Waals surface area contributed by atoms with Crippen LogP contribution < -0.4 is 5.32 Å². The molecule has 2 atom stereocenters. The molecule has 8 heteroatoms. The molecular weight excluding hydrogens is 472 g/mol. The molecule has 0 aliphatic carbocycles. The summed E-state index contributed by atoms with van der Waals surface area (Å²) in [6.07, 6.45) is -1.28. The topological polar surface area (TPSA) is 105 Å². The van der Waals surface area contributed by atoms with Gasteiger partial charge in [-0.2, -0.15) is 0 Å². The van der Waals surface area contributed by atoms with Gasteiger partial charge >= 0.3 is 18.0 Å². The van der Waals surface area contributed by atoms with Gasteiger partial charge in [-0.15, -0.1) is 0 Å². The molecular formula is C29H40N2O6. The highest BCUT2D eigenvalue weighted by molar-refractivity contribution is 5.84. The minimum absolute atomic E-state index is 0.0608. The number of rotatable bonds is 11. The lowest BCUT2D eigenvalue weighted by Crippen LogP contribution is -2.53. The van der Waals surface area contributed by atoms with Crippen LogP contribution in [0.1, 0.15) is 47.1 Å². The molecule has 1 unspecified atom stereocenters. The molecule has 37 heavy (non-hydrogen) atoms. The van der Waals surface area contributed by atoms with E-state index < -0.39 is 35.7 Å². The fraction of sp³-hybridized carbons (Fsp3) is 0.483. The predicted molar refractivity (Wildman–Crippen MR) is 143 cm³/mol. The van der Waals surface area contributed by atoms with Crippen molar-refractivity contribution in [2.45, 2.75) is 65.7 Å². The Labute approximate surface area is 220 Å². The van der Waals surface area contributed by atoms with Gasteiger partial charge in [-0.3, -0.25) is 0 Å². The third-order valence-electron chi connectivity index (χ3n) is 5.31. The van der Waals surface area contributed by atoms with Crippen molar-refractivity contribution in [2.75, 3.05) is 19.7 Å². The maximum atomic E-state index is 13.2. The zero-order valence-corrected chi connectivity index (χ0v) is 22.7. The second kappa shape index (κ2) is 13.8. The summed E-state index contributed by atoms with van der Waals surface area (Å²) >= 11 is 0. The van der Waals surface area contributed by atoms with Gasteiger partial charge in [0.2, 0.25) is 0 Å². The molecule has 0 saturated heterocycles. The summed E-state index contributed by atoms with van der Waals surface area (Å²) in [6.45, 7) is 10.9. The van der Waals surface area contributed by atoms with E-state index in [1.165, 1.54) is 4.90 Å². The molecule has 2 N–H and O–H groups in total. The Balaban J connectivity index is 2.23. The number of aliphatic hydroxyl groups excluding tert-OH is 1. The Hall–Kier alpha value is -3.39. The first-order valence-electron chi connectivity index (χ1n) is 12.7. The number of hydrogen-bond donors (Lipinski definition) is 2. The van der Waals surface area contributed by atoms with E-state index >= 15 is 0 Å². The molecule has 0 bridgehead atoms. The number of amides is 2. The summed E-state index contributed by atoms with van der Waals surface area (Å²) < 4.78 is 10.4. The van der Waals surface area contributed by atoms with E-state index in [1.54, 1.807) is 27.7 Å². The number of urea groups is 1. The summed E-state index contributed by atoms with van der Waals surface area (Å²) in [5.41, 5.74) is 2.22. The fourth-order valence-corrected chi connectivity index (χ4v) is 3.71. The minimum atomic E-state index is -1.49. The second-order valence-corrected chi connectivity index (χ2v) is 10.4. The average Bonchev–Trinajstić information content (AvgIpc) is 2.83. The van der Waals surface area contributed by atoms with Gasteiger partial charge in [0.05, 0.1) is 13.2 Å². The maximum Gasteiger partial charge on any atom is 0.336 e. The van der Waals surface area contributed by atoms with Crippen molar-refractivity contribution >= 4 is 18.0 Å². The number of nitrogens with one attached hydrogen (secondary N) is 1. The van der Waals surface area contributed by atoms with Gasteiger partial charge in [0, 0.05) is 13.0 Å². The zero-order chi connectivity index (χ0) is 27.6. The van der Waals surface area contributed by atoms with Crippen LogP contribution in [0.2, 0.25) is 0 Å². The van der Waals surface area contributed by atoms with Crippen LogP contribution in [0.3, 0.4) is 0 Å². The SMILES string of the molecule is CCOC(=O)C(O)CN(CC(C)C)C(=O)N[C@@H](Cc1ccc(-c2ccccc2)cc1)C(=O)OC(C)(C)C. The fourth-order valence-electron chi connectivity index (χ4n) is 3.71. The van der Waals surface area contributed by atoms with Crippen molar-refractivity contribution < 1.29 is 29.0 Å². The van der Waals surface area contributed by atoms with Crippen LogP contribution in [-0.2, 0) is 25.5 Å². The van der Waals surface area contributed by atoms with Gasteiger partial charge in [0.15, 0.2) is 6.10 Å². The molecule has 0 aliphatic heterocycles. The highest BCUT2D eigenvalue weighted by Gasteiger charge is 2.30. The molecule has 8 nitrogen and oxygen atoms in total. The van der Waals surface area contributed by atoms with E-state index in [9.17, 15) is 19.5 Å². The zero-order valence-electron chi connectivity index (χ0n) is 22.7. The van der Waals surface area contributed by atoms with Gasteiger partial charge < -0.3 is 24.8 Å². The monoisotopic (exact) mass is 512 g/mol. The summed E-state index contributed by atoms with van der Waals surface area (Å²) in [5.74, 6) is -1.31. The maximum absolute atomic E-state index is 13.2. The molecule has 2 rings (SSSR count). The van der Waals surface area contributed by atoms with Gasteiger partial charge in [-0.1, -0.05) is 68.4 Å². The molecule has 2 aromatic carbocycles. The third-order valence-corrected chi connectivity index (χ3v) is 5.31. The number of hydrogen-bond acceptors (Lipinski definition) is 6. The number of nitrogens with zero attached hydrogens (tertiary/aromatic N) is 1. The molecule has 0 fully saturated rings. The Morgan fingerprint density at radius 1 is 0.919 bits per heavy atom. The van der Waals surface area contributed by atoms with Crippen LogP contribution in [-0.4, -0.2) is 65.4 Å². The van der Waals surface area contributed by atoms with Crippen LogP contribution in [0.15, 0.2) is 54.6 Å². The van der Waals surface area contributed by atoms with Crippen LogP contribution >= 0.6 is 0 Å². The van der Waals surface area contributed by atoms with Crippen LogP contribution in [0.5, 0.6) is 0 Å². The van der Waals surface area contributed by atoms with Crippen molar-refractivity contribution in [1.82, 2.24) is 10.2 Å². The second-order valence-electron chi connectivity index (χ2n) is 10.4. The Bertz CT molecular complexity index is 1010. The Kier molecular flexibility index (Phi) is 11.1. The highest BCUT2D eigenvalue weighted by Crippen LogP contribution is 2.20. The lowest BCUT2D eigenvalue weighted by Gasteiger charge is -2.30. The van der Waals surface area contributed by atoms with E-state index in [0.29, 0.717) is 0 Å². The van der Waals surface area contributed by atoms with Gasteiger partial charge in [0.25, 0.3) is 0 Å². The van der Waals surface area contributed by atoms with E-state index in [1.807, 2.05) is 68.4 Å². The molecule has 0 radical (unpaired) electrons. The summed E-state index contributed by atoms with van der Waals surface area (Å²) in [5, 5.41) is 13.0. The first-order valence-corrected chi connectivity index (χ1v) is 12.7. The Morgan fingerprint density at radius 2 is 1.51 bits per heavy atom. The standard InChI is InChI=1S/C29H40N2O6/c1-7-36-27(34)25(32)19-31(18-20(2)3)28(35)30-24(26(33)37-29(4,5)6)17-21-13-15-23(16-14-21)22-11-9-8-10-12-22/h8-16,20,24-25,32H,7,17-19H2,1-6H3,(H,30,35)/t24-,25?/m0/s1. The largest absolute Gasteiger partial charge is 0.464 e. The smallest absolute Gasteiger partial charge is 0.336 e. The predicted octanol–water partition coefficient (Wildman–Crippen LogP) is 4.20. The number of carbonyl (C=O) groups excluding carboxylic acids is 3. The quantitative estimate of drug-likeness (QED) is 0.437. The number of aliphatic hydroxyl groups is 1. The first-order chi connectivity index (χ1) is 17.4. The van der Waals surface area contributed by atoms with Gasteiger partial charge in [-0.25, -0.2) is 14.4 Å². The van der Waals surface area contributed by atoms with E-state index in [4.69, 9.17) is 9.47 Å². The molecule has 2 aromatic rings. The highest BCUT2D eigenvalue weighted by atomic mass is 16.6. The van der Waals surface area contributed by atoms with Crippen molar-refractivity contribution in [3.8, 4) is 11.1 Å². The molecule has 2 amide bonds. The van der Waals surface area contributed by atoms with Crippen molar-refractivity contribution in [3.05, 3.63) is 60.2 Å². The van der Waals surface area contributed by atoms with E-state index in [-0.39, 0.29) is 32.0 Å². The number of benzene rings is 2.